The fourth-order valence-electron chi connectivity index (χ4n) is 3.77. The highest BCUT2D eigenvalue weighted by atomic mass is 19.1. The van der Waals surface area contributed by atoms with Crippen molar-refractivity contribution in [3.8, 4) is 11.4 Å². The molecular formula is C18H23FN4O. The van der Waals surface area contributed by atoms with Gasteiger partial charge < -0.3 is 9.64 Å². The van der Waals surface area contributed by atoms with Gasteiger partial charge in [-0.1, -0.05) is 0 Å². The van der Waals surface area contributed by atoms with Gasteiger partial charge in [0.1, 0.15) is 11.6 Å². The molecule has 1 N–H and O–H groups in total. The van der Waals surface area contributed by atoms with E-state index in [0.717, 1.165) is 63.4 Å². The van der Waals surface area contributed by atoms with Crippen molar-refractivity contribution >= 4 is 0 Å². The van der Waals surface area contributed by atoms with Crippen LogP contribution in [0.4, 0.5) is 4.39 Å². The number of hydrogen-bond acceptors (Lipinski definition) is 4. The Morgan fingerprint density at radius 2 is 1.75 bits per heavy atom. The lowest BCUT2D eigenvalue weighted by molar-refractivity contribution is 0.0248. The van der Waals surface area contributed by atoms with Gasteiger partial charge in [-0.15, -0.1) is 0 Å². The van der Waals surface area contributed by atoms with Crippen LogP contribution in [0.2, 0.25) is 0 Å². The predicted octanol–water partition coefficient (Wildman–Crippen LogP) is 2.97. The quantitative estimate of drug-likeness (QED) is 0.940. The zero-order valence-electron chi connectivity index (χ0n) is 13.7. The van der Waals surface area contributed by atoms with Gasteiger partial charge in [-0.25, -0.2) is 9.37 Å². The van der Waals surface area contributed by atoms with E-state index in [1.807, 2.05) is 0 Å². The summed E-state index contributed by atoms with van der Waals surface area (Å²) < 4.78 is 18.5. The number of ether oxygens (including phenoxy) is 1. The molecule has 0 radical (unpaired) electrons. The maximum absolute atomic E-state index is 13.0. The van der Waals surface area contributed by atoms with Crippen molar-refractivity contribution in [3.63, 3.8) is 0 Å². The summed E-state index contributed by atoms with van der Waals surface area (Å²) in [5.74, 6) is 1.80. The van der Waals surface area contributed by atoms with Gasteiger partial charge in [-0.2, -0.15) is 5.10 Å². The first-order valence-corrected chi connectivity index (χ1v) is 8.79. The molecule has 2 aromatic rings. The van der Waals surface area contributed by atoms with Gasteiger partial charge in [0.05, 0.1) is 0 Å². The van der Waals surface area contributed by atoms with Crippen LogP contribution in [-0.2, 0) is 4.74 Å². The van der Waals surface area contributed by atoms with Crippen molar-refractivity contribution in [1.82, 2.24) is 20.1 Å². The summed E-state index contributed by atoms with van der Waals surface area (Å²) >= 11 is 0. The number of benzene rings is 1. The number of rotatable bonds is 3. The molecule has 0 spiro atoms. The van der Waals surface area contributed by atoms with E-state index in [4.69, 9.17) is 4.74 Å². The molecule has 128 valence electrons. The van der Waals surface area contributed by atoms with Crippen molar-refractivity contribution in [2.24, 2.45) is 0 Å². The Labute approximate surface area is 141 Å². The predicted molar refractivity (Wildman–Crippen MR) is 89.2 cm³/mol. The van der Waals surface area contributed by atoms with Crippen LogP contribution in [0, 0.1) is 5.82 Å². The van der Waals surface area contributed by atoms with Gasteiger partial charge in [-0.05, 0) is 63.0 Å². The topological polar surface area (TPSA) is 54.0 Å². The van der Waals surface area contributed by atoms with Crippen LogP contribution in [0.25, 0.3) is 11.4 Å². The van der Waals surface area contributed by atoms with Crippen LogP contribution < -0.4 is 0 Å². The summed E-state index contributed by atoms with van der Waals surface area (Å²) in [5, 5.41) is 7.40. The highest BCUT2D eigenvalue weighted by molar-refractivity contribution is 5.54. The first kappa shape index (κ1) is 15.7. The second-order valence-corrected chi connectivity index (χ2v) is 6.70. The van der Waals surface area contributed by atoms with E-state index in [2.05, 4.69) is 20.1 Å². The minimum Gasteiger partial charge on any atom is -0.381 e. The van der Waals surface area contributed by atoms with Crippen LogP contribution >= 0.6 is 0 Å². The lowest BCUT2D eigenvalue weighted by Crippen LogP contribution is -2.43. The molecule has 0 aliphatic carbocycles. The minimum atomic E-state index is -0.241. The van der Waals surface area contributed by atoms with Crippen LogP contribution in [-0.4, -0.2) is 52.4 Å². The molecule has 0 bridgehead atoms. The van der Waals surface area contributed by atoms with E-state index in [1.165, 1.54) is 12.1 Å². The number of piperidine rings is 1. The van der Waals surface area contributed by atoms with E-state index >= 15 is 0 Å². The normalized spacial score (nSPS) is 21.2. The smallest absolute Gasteiger partial charge is 0.181 e. The lowest BCUT2D eigenvalue weighted by atomic mass is 9.93. The van der Waals surface area contributed by atoms with Gasteiger partial charge in [0, 0.05) is 30.7 Å². The molecule has 0 unspecified atom stereocenters. The molecule has 0 amide bonds. The molecule has 1 aromatic carbocycles. The Bertz CT molecular complexity index is 658. The third-order valence-electron chi connectivity index (χ3n) is 5.23. The average Bonchev–Trinajstić information content (AvgIpc) is 3.13. The van der Waals surface area contributed by atoms with Crippen LogP contribution in [0.1, 0.15) is 37.4 Å². The van der Waals surface area contributed by atoms with Crippen LogP contribution in [0.3, 0.4) is 0 Å². The fraction of sp³-hybridized carbons (Fsp3) is 0.556. The van der Waals surface area contributed by atoms with Crippen molar-refractivity contribution in [2.45, 2.75) is 37.6 Å². The molecular weight excluding hydrogens is 307 g/mol. The molecule has 0 atom stereocenters. The number of nitrogens with one attached hydrogen (secondary N) is 1. The Morgan fingerprint density at radius 1 is 1.04 bits per heavy atom. The first-order valence-electron chi connectivity index (χ1n) is 8.79. The third-order valence-corrected chi connectivity index (χ3v) is 5.23. The summed E-state index contributed by atoms with van der Waals surface area (Å²) in [5.41, 5.74) is 0.846. The van der Waals surface area contributed by atoms with Crippen molar-refractivity contribution in [1.29, 1.82) is 0 Å². The van der Waals surface area contributed by atoms with E-state index in [9.17, 15) is 4.39 Å². The summed E-state index contributed by atoms with van der Waals surface area (Å²) in [6.45, 7) is 4.02. The standard InChI is InChI=1S/C18H23FN4O/c19-15-3-1-13(2-4-15)17-20-18(22-21-17)14-5-9-23(10-6-14)16-7-11-24-12-8-16/h1-4,14,16H,5-12H2,(H,20,21,22). The second kappa shape index (κ2) is 6.99. The van der Waals surface area contributed by atoms with Crippen molar-refractivity contribution < 1.29 is 9.13 Å². The summed E-state index contributed by atoms with van der Waals surface area (Å²) in [6, 6.07) is 7.01. The van der Waals surface area contributed by atoms with E-state index in [1.54, 1.807) is 12.1 Å². The maximum Gasteiger partial charge on any atom is 0.181 e. The van der Waals surface area contributed by atoms with Gasteiger partial charge in [0.15, 0.2) is 5.82 Å². The number of nitrogens with zero attached hydrogens (tertiary/aromatic N) is 3. The summed E-state index contributed by atoms with van der Waals surface area (Å²) in [4.78, 5) is 7.25. The SMILES string of the molecule is Fc1ccc(-c2n[nH]c(C3CCN(C4CCOCC4)CC3)n2)cc1. The van der Waals surface area contributed by atoms with Crippen molar-refractivity contribution in [3.05, 3.63) is 35.9 Å². The zero-order chi connectivity index (χ0) is 16.4. The summed E-state index contributed by atoms with van der Waals surface area (Å²) in [6.07, 6.45) is 4.52. The largest absolute Gasteiger partial charge is 0.381 e. The van der Waals surface area contributed by atoms with Gasteiger partial charge in [0.25, 0.3) is 0 Å². The molecule has 24 heavy (non-hydrogen) atoms. The number of aromatic amines is 1. The molecule has 3 heterocycles. The minimum absolute atomic E-state index is 0.241. The maximum atomic E-state index is 13.0. The van der Waals surface area contributed by atoms with Gasteiger partial charge in [-0.3, -0.25) is 5.10 Å². The highest BCUT2D eigenvalue weighted by Gasteiger charge is 2.28. The Morgan fingerprint density at radius 3 is 2.46 bits per heavy atom. The molecule has 4 rings (SSSR count). The molecule has 2 aliphatic rings. The first-order chi connectivity index (χ1) is 11.8. The number of halogens is 1. The Balaban J connectivity index is 1.38. The molecule has 2 saturated heterocycles. The monoisotopic (exact) mass is 330 g/mol. The molecule has 0 saturated carbocycles. The van der Waals surface area contributed by atoms with Gasteiger partial charge >= 0.3 is 0 Å². The van der Waals surface area contributed by atoms with E-state index in [-0.39, 0.29) is 5.82 Å². The number of likely N-dealkylation sites (tertiary alicyclic amines) is 1. The number of H-pyrrole nitrogens is 1. The zero-order valence-corrected chi connectivity index (χ0v) is 13.7. The number of hydrogen-bond donors (Lipinski definition) is 1. The van der Waals surface area contributed by atoms with E-state index < -0.39 is 0 Å². The number of aromatic nitrogens is 3. The third kappa shape index (κ3) is 3.35. The van der Waals surface area contributed by atoms with Crippen molar-refractivity contribution in [2.75, 3.05) is 26.3 Å². The average molecular weight is 330 g/mol. The fourth-order valence-corrected chi connectivity index (χ4v) is 3.77. The molecule has 1 aromatic heterocycles. The summed E-state index contributed by atoms with van der Waals surface area (Å²) in [7, 11) is 0. The highest BCUT2D eigenvalue weighted by Crippen LogP contribution is 2.29. The van der Waals surface area contributed by atoms with Crippen LogP contribution in [0.15, 0.2) is 24.3 Å². The lowest BCUT2D eigenvalue weighted by Gasteiger charge is -2.38. The Hall–Kier alpha value is -1.79. The van der Waals surface area contributed by atoms with E-state index in [0.29, 0.717) is 17.8 Å². The molecule has 2 aliphatic heterocycles. The Kier molecular flexibility index (Phi) is 4.58. The molecule has 5 nitrogen and oxygen atoms in total. The van der Waals surface area contributed by atoms with Crippen LogP contribution in [0.5, 0.6) is 0 Å². The molecule has 6 heteroatoms. The molecule has 2 fully saturated rings. The van der Waals surface area contributed by atoms with Gasteiger partial charge in [0.2, 0.25) is 0 Å². The second-order valence-electron chi connectivity index (χ2n) is 6.70.